The molecule has 1 amide bonds. The van der Waals surface area contributed by atoms with Gasteiger partial charge in [-0.2, -0.15) is 0 Å². The molecule has 0 saturated heterocycles. The van der Waals surface area contributed by atoms with Gasteiger partial charge in [-0.1, -0.05) is 13.8 Å². The molecular formula is C17H21N3OS. The van der Waals surface area contributed by atoms with E-state index in [0.29, 0.717) is 12.0 Å². The smallest absolute Gasteiger partial charge is 0.254 e. The molecule has 1 aliphatic rings. The summed E-state index contributed by atoms with van der Waals surface area (Å²) >= 11 is 1.76. The summed E-state index contributed by atoms with van der Waals surface area (Å²) in [6.07, 6.45) is 8.44. The van der Waals surface area contributed by atoms with Gasteiger partial charge >= 0.3 is 0 Å². The molecule has 0 N–H and O–H groups in total. The monoisotopic (exact) mass is 315 g/mol. The van der Waals surface area contributed by atoms with Crippen molar-refractivity contribution >= 4 is 17.2 Å². The Morgan fingerprint density at radius 1 is 1.36 bits per heavy atom. The number of carbonyl (C=O) groups excluding carboxylic acids is 1. The molecule has 5 heteroatoms. The van der Waals surface area contributed by atoms with Crippen molar-refractivity contribution in [1.82, 2.24) is 14.9 Å². The Balaban J connectivity index is 1.66. The summed E-state index contributed by atoms with van der Waals surface area (Å²) in [7, 11) is 0. The maximum absolute atomic E-state index is 12.6. The van der Waals surface area contributed by atoms with Crippen molar-refractivity contribution in [2.24, 2.45) is 0 Å². The molecule has 2 heterocycles. The number of hydrogen-bond acceptors (Lipinski definition) is 4. The summed E-state index contributed by atoms with van der Waals surface area (Å²) in [5.74, 6) is 0.593. The summed E-state index contributed by atoms with van der Waals surface area (Å²) in [6.45, 7) is 5.09. The van der Waals surface area contributed by atoms with Crippen LogP contribution in [-0.2, 0) is 6.42 Å². The molecule has 1 fully saturated rings. The first kappa shape index (κ1) is 15.2. The highest BCUT2D eigenvalue weighted by Gasteiger charge is 2.32. The number of aromatic nitrogens is 2. The number of carbonyl (C=O) groups is 1. The van der Waals surface area contributed by atoms with Gasteiger partial charge in [0.2, 0.25) is 0 Å². The van der Waals surface area contributed by atoms with Crippen LogP contribution in [-0.4, -0.2) is 33.4 Å². The van der Waals surface area contributed by atoms with Crippen molar-refractivity contribution in [1.29, 1.82) is 0 Å². The first-order valence-corrected chi connectivity index (χ1v) is 8.62. The Morgan fingerprint density at radius 2 is 2.09 bits per heavy atom. The fourth-order valence-electron chi connectivity index (χ4n) is 2.43. The van der Waals surface area contributed by atoms with Gasteiger partial charge in [0.1, 0.15) is 0 Å². The minimum atomic E-state index is 0.124. The van der Waals surface area contributed by atoms with E-state index < -0.39 is 0 Å². The highest BCUT2D eigenvalue weighted by molar-refractivity contribution is 7.11. The van der Waals surface area contributed by atoms with E-state index in [2.05, 4.69) is 23.8 Å². The number of thiazole rings is 1. The molecule has 0 aliphatic heterocycles. The SMILES string of the molecule is CC(C)c1ncc(CCN(C(=O)c2ccncc2)C2CC2)s1. The van der Waals surface area contributed by atoms with Crippen LogP contribution in [0, 0.1) is 0 Å². The molecule has 2 aromatic rings. The van der Waals surface area contributed by atoms with Gasteiger partial charge in [0.05, 0.1) is 5.01 Å². The van der Waals surface area contributed by atoms with Crippen LogP contribution < -0.4 is 0 Å². The van der Waals surface area contributed by atoms with Crippen LogP contribution in [0.5, 0.6) is 0 Å². The van der Waals surface area contributed by atoms with Gasteiger partial charge in [-0.15, -0.1) is 11.3 Å². The number of nitrogens with zero attached hydrogens (tertiary/aromatic N) is 3. The minimum absolute atomic E-state index is 0.124. The molecule has 0 radical (unpaired) electrons. The third kappa shape index (κ3) is 3.53. The maximum Gasteiger partial charge on any atom is 0.254 e. The van der Waals surface area contributed by atoms with Crippen molar-refractivity contribution in [2.45, 2.75) is 45.1 Å². The molecule has 0 aromatic carbocycles. The van der Waals surface area contributed by atoms with Gasteiger partial charge < -0.3 is 4.90 Å². The summed E-state index contributed by atoms with van der Waals surface area (Å²) in [5.41, 5.74) is 0.731. The zero-order chi connectivity index (χ0) is 15.5. The Labute approximate surface area is 135 Å². The minimum Gasteiger partial charge on any atom is -0.335 e. The molecule has 0 unspecified atom stereocenters. The van der Waals surface area contributed by atoms with E-state index in [-0.39, 0.29) is 5.91 Å². The van der Waals surface area contributed by atoms with Crippen LogP contribution in [0.3, 0.4) is 0 Å². The largest absolute Gasteiger partial charge is 0.335 e. The lowest BCUT2D eigenvalue weighted by molar-refractivity contribution is 0.0745. The Hall–Kier alpha value is -1.75. The van der Waals surface area contributed by atoms with E-state index in [0.717, 1.165) is 31.4 Å². The normalized spacial score (nSPS) is 14.3. The molecule has 4 nitrogen and oxygen atoms in total. The molecule has 1 saturated carbocycles. The van der Waals surface area contributed by atoms with Gasteiger partial charge in [-0.3, -0.25) is 9.78 Å². The molecule has 2 aromatic heterocycles. The van der Waals surface area contributed by atoms with E-state index in [1.54, 1.807) is 35.9 Å². The molecule has 0 atom stereocenters. The molecule has 0 bridgehead atoms. The second kappa shape index (κ2) is 6.57. The summed E-state index contributed by atoms with van der Waals surface area (Å²) < 4.78 is 0. The molecule has 116 valence electrons. The predicted octanol–water partition coefficient (Wildman–Crippen LogP) is 3.51. The van der Waals surface area contributed by atoms with Gasteiger partial charge in [-0.25, -0.2) is 4.98 Å². The van der Waals surface area contributed by atoms with Gasteiger partial charge in [0, 0.05) is 54.0 Å². The zero-order valence-electron chi connectivity index (χ0n) is 13.0. The number of pyridine rings is 1. The summed E-state index contributed by atoms with van der Waals surface area (Å²) in [5, 5.41) is 1.17. The van der Waals surface area contributed by atoms with E-state index in [9.17, 15) is 4.79 Å². The lowest BCUT2D eigenvalue weighted by atomic mass is 10.2. The second-order valence-electron chi connectivity index (χ2n) is 6.04. The van der Waals surface area contributed by atoms with E-state index in [1.807, 2.05) is 11.1 Å². The third-order valence-corrected chi connectivity index (χ3v) is 5.20. The standard InChI is InChI=1S/C17H21N3OS/c1-12(2)16-19-11-15(22-16)7-10-20(14-3-4-14)17(21)13-5-8-18-9-6-13/h5-6,8-9,11-12,14H,3-4,7,10H2,1-2H3. The van der Waals surface area contributed by atoms with E-state index in [4.69, 9.17) is 0 Å². The summed E-state index contributed by atoms with van der Waals surface area (Å²) in [6, 6.07) is 4.00. The molecule has 22 heavy (non-hydrogen) atoms. The highest BCUT2D eigenvalue weighted by atomic mass is 32.1. The van der Waals surface area contributed by atoms with Crippen molar-refractivity contribution in [2.75, 3.05) is 6.54 Å². The van der Waals surface area contributed by atoms with Crippen molar-refractivity contribution < 1.29 is 4.79 Å². The lowest BCUT2D eigenvalue weighted by Crippen LogP contribution is -2.34. The molecule has 1 aliphatic carbocycles. The quantitative estimate of drug-likeness (QED) is 0.819. The number of hydrogen-bond donors (Lipinski definition) is 0. The average molecular weight is 315 g/mol. The van der Waals surface area contributed by atoms with Crippen LogP contribution in [0.2, 0.25) is 0 Å². The topological polar surface area (TPSA) is 46.1 Å². The molecule has 3 rings (SSSR count). The van der Waals surface area contributed by atoms with Crippen molar-refractivity contribution in [3.63, 3.8) is 0 Å². The van der Waals surface area contributed by atoms with Crippen molar-refractivity contribution in [3.8, 4) is 0 Å². The number of rotatable bonds is 6. The summed E-state index contributed by atoms with van der Waals surface area (Å²) in [4.78, 5) is 24.4. The Morgan fingerprint density at radius 3 is 2.68 bits per heavy atom. The Bertz CT molecular complexity index is 634. The fourth-order valence-corrected chi connectivity index (χ4v) is 3.34. The molecular weight excluding hydrogens is 294 g/mol. The van der Waals surface area contributed by atoms with Gasteiger partial charge in [0.25, 0.3) is 5.91 Å². The van der Waals surface area contributed by atoms with Gasteiger partial charge in [-0.05, 0) is 25.0 Å². The van der Waals surface area contributed by atoms with Crippen molar-refractivity contribution in [3.05, 3.63) is 46.2 Å². The van der Waals surface area contributed by atoms with Crippen LogP contribution in [0.4, 0.5) is 0 Å². The first-order valence-electron chi connectivity index (χ1n) is 7.80. The predicted molar refractivity (Wildman–Crippen MR) is 88.2 cm³/mol. The van der Waals surface area contributed by atoms with Gasteiger partial charge in [0.15, 0.2) is 0 Å². The maximum atomic E-state index is 12.6. The Kier molecular flexibility index (Phi) is 4.52. The number of amides is 1. The second-order valence-corrected chi connectivity index (χ2v) is 7.18. The zero-order valence-corrected chi connectivity index (χ0v) is 13.8. The third-order valence-electron chi connectivity index (χ3n) is 3.84. The average Bonchev–Trinajstić information content (AvgIpc) is 3.25. The van der Waals surface area contributed by atoms with Crippen LogP contribution in [0.1, 0.15) is 52.8 Å². The highest BCUT2D eigenvalue weighted by Crippen LogP contribution is 2.29. The first-order chi connectivity index (χ1) is 10.6. The van der Waals surface area contributed by atoms with E-state index in [1.165, 1.54) is 9.88 Å². The lowest BCUT2D eigenvalue weighted by Gasteiger charge is -2.22. The van der Waals surface area contributed by atoms with Crippen LogP contribution in [0.25, 0.3) is 0 Å². The fraction of sp³-hybridized carbons (Fsp3) is 0.471. The van der Waals surface area contributed by atoms with Crippen LogP contribution in [0.15, 0.2) is 30.7 Å². The van der Waals surface area contributed by atoms with Crippen LogP contribution >= 0.6 is 11.3 Å². The molecule has 0 spiro atoms. The van der Waals surface area contributed by atoms with E-state index >= 15 is 0 Å².